The molecule has 1 unspecified atom stereocenters. The molecule has 1 aliphatic rings. The van der Waals surface area contributed by atoms with E-state index in [0.29, 0.717) is 32.0 Å². The van der Waals surface area contributed by atoms with Crippen LogP contribution in [0.25, 0.3) is 0 Å². The van der Waals surface area contributed by atoms with Crippen LogP contribution in [0.1, 0.15) is 33.6 Å². The van der Waals surface area contributed by atoms with Crippen LogP contribution in [0.3, 0.4) is 0 Å². The van der Waals surface area contributed by atoms with Crippen molar-refractivity contribution in [1.29, 1.82) is 0 Å². The first-order valence-corrected chi connectivity index (χ1v) is 6.50. The molecule has 0 aliphatic carbocycles. The van der Waals surface area contributed by atoms with E-state index in [-0.39, 0.29) is 6.03 Å². The molecule has 104 valence electrons. The number of urea groups is 1. The van der Waals surface area contributed by atoms with E-state index in [2.05, 4.69) is 13.8 Å². The summed E-state index contributed by atoms with van der Waals surface area (Å²) in [5.41, 5.74) is -0.799. The van der Waals surface area contributed by atoms with E-state index < -0.39 is 11.4 Å². The molecule has 5 heteroatoms. The van der Waals surface area contributed by atoms with Gasteiger partial charge >= 0.3 is 12.0 Å². The molecule has 1 saturated heterocycles. The minimum absolute atomic E-state index is 0.0594. The molecule has 1 atom stereocenters. The Morgan fingerprint density at radius 3 is 2.56 bits per heavy atom. The van der Waals surface area contributed by atoms with Gasteiger partial charge in [0.15, 0.2) is 0 Å². The molecular formula is C13H24N2O3. The standard InChI is InChI=1S/C13H24N2O3/c1-10(2)8-14(4)12(18)15-7-5-6-13(3,9-15)11(16)17/h10H,5-9H2,1-4H3,(H,16,17). The van der Waals surface area contributed by atoms with E-state index in [0.717, 1.165) is 6.42 Å². The van der Waals surface area contributed by atoms with Gasteiger partial charge in [0.2, 0.25) is 0 Å². The van der Waals surface area contributed by atoms with Gasteiger partial charge in [-0.1, -0.05) is 13.8 Å². The maximum absolute atomic E-state index is 12.2. The van der Waals surface area contributed by atoms with Crippen LogP contribution in [0.5, 0.6) is 0 Å². The van der Waals surface area contributed by atoms with E-state index >= 15 is 0 Å². The van der Waals surface area contributed by atoms with Gasteiger partial charge in [0.05, 0.1) is 5.41 Å². The predicted octanol–water partition coefficient (Wildman–Crippen LogP) is 1.88. The lowest BCUT2D eigenvalue weighted by Crippen LogP contribution is -2.52. The Balaban J connectivity index is 2.66. The van der Waals surface area contributed by atoms with Gasteiger partial charge < -0.3 is 14.9 Å². The zero-order chi connectivity index (χ0) is 13.9. The third kappa shape index (κ3) is 3.37. The smallest absolute Gasteiger partial charge is 0.319 e. The third-order valence-electron chi connectivity index (χ3n) is 3.45. The van der Waals surface area contributed by atoms with Gasteiger partial charge in [-0.15, -0.1) is 0 Å². The highest BCUT2D eigenvalue weighted by molar-refractivity contribution is 5.78. The lowest BCUT2D eigenvalue weighted by molar-refractivity contribution is -0.150. The molecule has 0 aromatic rings. The van der Waals surface area contributed by atoms with Gasteiger partial charge in [-0.3, -0.25) is 4.79 Å². The summed E-state index contributed by atoms with van der Waals surface area (Å²) in [5, 5.41) is 9.23. The molecule has 0 radical (unpaired) electrons. The third-order valence-corrected chi connectivity index (χ3v) is 3.45. The molecule has 1 N–H and O–H groups in total. The summed E-state index contributed by atoms with van der Waals surface area (Å²) < 4.78 is 0. The van der Waals surface area contributed by atoms with Crippen molar-refractivity contribution in [2.45, 2.75) is 33.6 Å². The molecular weight excluding hydrogens is 232 g/mol. The van der Waals surface area contributed by atoms with E-state index in [4.69, 9.17) is 0 Å². The van der Waals surface area contributed by atoms with Crippen LogP contribution in [0.15, 0.2) is 0 Å². The fourth-order valence-corrected chi connectivity index (χ4v) is 2.44. The second kappa shape index (κ2) is 5.59. The summed E-state index contributed by atoms with van der Waals surface area (Å²) in [4.78, 5) is 26.8. The highest BCUT2D eigenvalue weighted by Gasteiger charge is 2.39. The number of piperidine rings is 1. The molecule has 0 spiro atoms. The molecule has 1 aliphatic heterocycles. The van der Waals surface area contributed by atoms with E-state index in [1.165, 1.54) is 0 Å². The summed E-state index contributed by atoms with van der Waals surface area (Å²) in [7, 11) is 1.77. The fraction of sp³-hybridized carbons (Fsp3) is 0.846. The van der Waals surface area contributed by atoms with Crippen LogP contribution in [-0.2, 0) is 4.79 Å². The minimum Gasteiger partial charge on any atom is -0.481 e. The lowest BCUT2D eigenvalue weighted by Gasteiger charge is -2.39. The Labute approximate surface area is 109 Å². The highest BCUT2D eigenvalue weighted by Crippen LogP contribution is 2.30. The number of rotatable bonds is 3. The van der Waals surface area contributed by atoms with Crippen molar-refractivity contribution in [3.63, 3.8) is 0 Å². The maximum atomic E-state index is 12.2. The fourth-order valence-electron chi connectivity index (χ4n) is 2.44. The number of hydrogen-bond donors (Lipinski definition) is 1. The van der Waals surface area contributed by atoms with Crippen molar-refractivity contribution in [1.82, 2.24) is 9.80 Å². The Kier molecular flexibility index (Phi) is 4.59. The first-order chi connectivity index (χ1) is 8.26. The van der Waals surface area contributed by atoms with Crippen LogP contribution in [0.4, 0.5) is 4.79 Å². The highest BCUT2D eigenvalue weighted by atomic mass is 16.4. The van der Waals surface area contributed by atoms with Crippen LogP contribution in [-0.4, -0.2) is 53.6 Å². The molecule has 1 rings (SSSR count). The number of amides is 2. The summed E-state index contributed by atoms with van der Waals surface area (Å²) >= 11 is 0. The molecule has 0 bridgehead atoms. The van der Waals surface area contributed by atoms with E-state index in [1.54, 1.807) is 23.8 Å². The Morgan fingerprint density at radius 1 is 1.44 bits per heavy atom. The van der Waals surface area contributed by atoms with Gasteiger partial charge in [0, 0.05) is 26.7 Å². The zero-order valence-corrected chi connectivity index (χ0v) is 11.8. The van der Waals surface area contributed by atoms with Crippen LogP contribution in [0.2, 0.25) is 0 Å². The Bertz CT molecular complexity index is 330. The average molecular weight is 256 g/mol. The first-order valence-electron chi connectivity index (χ1n) is 6.50. The number of carboxylic acid groups (broad SMARTS) is 1. The van der Waals surface area contributed by atoms with Gasteiger partial charge in [0.1, 0.15) is 0 Å². The second-order valence-corrected chi connectivity index (χ2v) is 5.95. The number of nitrogens with zero attached hydrogens (tertiary/aromatic N) is 2. The summed E-state index contributed by atoms with van der Waals surface area (Å²) in [6.07, 6.45) is 1.39. The maximum Gasteiger partial charge on any atom is 0.319 e. The van der Waals surface area contributed by atoms with Gasteiger partial charge in [0.25, 0.3) is 0 Å². The SMILES string of the molecule is CC(C)CN(C)C(=O)N1CCCC(C)(C(=O)O)C1. The van der Waals surface area contributed by atoms with Crippen molar-refractivity contribution in [2.24, 2.45) is 11.3 Å². The average Bonchev–Trinajstić information content (AvgIpc) is 2.27. The Hall–Kier alpha value is -1.26. The number of likely N-dealkylation sites (tertiary alicyclic amines) is 1. The molecule has 0 saturated carbocycles. The van der Waals surface area contributed by atoms with Crippen molar-refractivity contribution in [2.75, 3.05) is 26.7 Å². The molecule has 5 nitrogen and oxygen atoms in total. The summed E-state index contributed by atoms with van der Waals surface area (Å²) in [6, 6.07) is -0.0594. The van der Waals surface area contributed by atoms with Gasteiger partial charge in [-0.05, 0) is 25.7 Å². The molecule has 1 fully saturated rings. The largest absolute Gasteiger partial charge is 0.481 e. The number of carboxylic acids is 1. The van der Waals surface area contributed by atoms with Crippen molar-refractivity contribution >= 4 is 12.0 Å². The first kappa shape index (κ1) is 14.8. The van der Waals surface area contributed by atoms with Crippen molar-refractivity contribution < 1.29 is 14.7 Å². The van der Waals surface area contributed by atoms with Crippen molar-refractivity contribution in [3.05, 3.63) is 0 Å². The normalized spacial score (nSPS) is 24.2. The molecule has 1 heterocycles. The van der Waals surface area contributed by atoms with Crippen molar-refractivity contribution in [3.8, 4) is 0 Å². The number of carbonyl (C=O) groups is 2. The van der Waals surface area contributed by atoms with Crippen LogP contribution in [0, 0.1) is 11.3 Å². The molecule has 0 aromatic carbocycles. The topological polar surface area (TPSA) is 60.9 Å². The predicted molar refractivity (Wildman–Crippen MR) is 69.4 cm³/mol. The molecule has 18 heavy (non-hydrogen) atoms. The number of aliphatic carboxylic acids is 1. The van der Waals surface area contributed by atoms with Gasteiger partial charge in [-0.2, -0.15) is 0 Å². The lowest BCUT2D eigenvalue weighted by atomic mass is 9.82. The summed E-state index contributed by atoms with van der Waals surface area (Å²) in [6.45, 7) is 7.49. The Morgan fingerprint density at radius 2 is 2.06 bits per heavy atom. The van der Waals surface area contributed by atoms with Gasteiger partial charge in [-0.25, -0.2) is 4.79 Å². The second-order valence-electron chi connectivity index (χ2n) is 5.95. The monoisotopic (exact) mass is 256 g/mol. The quantitative estimate of drug-likeness (QED) is 0.838. The van der Waals surface area contributed by atoms with E-state index in [1.807, 2.05) is 0 Å². The number of carbonyl (C=O) groups excluding carboxylic acids is 1. The molecule has 0 aromatic heterocycles. The van der Waals surface area contributed by atoms with E-state index in [9.17, 15) is 14.7 Å². The zero-order valence-electron chi connectivity index (χ0n) is 11.8. The molecule has 2 amide bonds. The summed E-state index contributed by atoms with van der Waals surface area (Å²) in [5.74, 6) is -0.402. The van der Waals surface area contributed by atoms with Crippen LogP contribution < -0.4 is 0 Å². The van der Waals surface area contributed by atoms with Crippen LogP contribution >= 0.6 is 0 Å². The minimum atomic E-state index is -0.813. The number of hydrogen-bond acceptors (Lipinski definition) is 2.